The number of aliphatic hydroxyl groups excluding tert-OH is 1. The second-order valence-electron chi connectivity index (χ2n) is 2.21. The first kappa shape index (κ1) is 10.6. The number of amides is 1. The van der Waals surface area contributed by atoms with E-state index in [2.05, 4.69) is 30.0 Å². The molecule has 0 aromatic heterocycles. The van der Waals surface area contributed by atoms with E-state index in [1.165, 1.54) is 11.1 Å². The summed E-state index contributed by atoms with van der Waals surface area (Å²) in [6.07, 6.45) is 0. The summed E-state index contributed by atoms with van der Waals surface area (Å²) < 4.78 is 0. The van der Waals surface area contributed by atoms with Crippen LogP contribution in [0.2, 0.25) is 0 Å². The van der Waals surface area contributed by atoms with Crippen LogP contribution >= 0.6 is 0 Å². The molecule has 0 spiro atoms. The Morgan fingerprint density at radius 1 is 1.42 bits per heavy atom. The average molecular weight is 168 g/mol. The quantitative estimate of drug-likeness (QED) is 0.570. The van der Waals surface area contributed by atoms with Crippen molar-refractivity contribution in [1.82, 2.24) is 6.15 Å². The maximum Gasteiger partial charge on any atom is 0.243 e. The van der Waals surface area contributed by atoms with Crippen LogP contribution in [0.1, 0.15) is 0 Å². The molecule has 0 atom stereocenters. The second-order valence-corrected chi connectivity index (χ2v) is 2.21. The molecule has 12 heavy (non-hydrogen) atoms. The number of nitrogens with two attached hydrogens (primary N) is 1. The summed E-state index contributed by atoms with van der Waals surface area (Å²) in [5.74, 6) is -0.690. The molecule has 66 valence electrons. The molecule has 2 aliphatic rings. The molecule has 6 N–H and O–H groups in total. The SMILES string of the molecule is N.NC(=O)CO.c1cc2cc-2c1. The predicted molar refractivity (Wildman–Crippen MR) is 46.7 cm³/mol. The van der Waals surface area contributed by atoms with Crippen LogP contribution in [0.5, 0.6) is 0 Å². The predicted octanol–water partition coefficient (Wildman–Crippen LogP) is 0.293. The van der Waals surface area contributed by atoms with Gasteiger partial charge in [0.05, 0.1) is 0 Å². The average Bonchev–Trinajstić information content (AvgIpc) is 2.61. The highest BCUT2D eigenvalue weighted by Crippen LogP contribution is 2.32. The highest BCUT2D eigenvalue weighted by Gasteiger charge is 2.06. The number of hydrogen-bond acceptors (Lipinski definition) is 3. The Morgan fingerprint density at radius 2 is 1.83 bits per heavy atom. The first-order valence-corrected chi connectivity index (χ1v) is 3.23. The Kier molecular flexibility index (Phi) is 3.96. The van der Waals surface area contributed by atoms with E-state index in [4.69, 9.17) is 5.11 Å². The lowest BCUT2D eigenvalue weighted by Gasteiger charge is -1.73. The summed E-state index contributed by atoms with van der Waals surface area (Å²) in [5, 5.41) is 7.67. The number of carbonyl (C=O) groups excluding carboxylic acids is 1. The van der Waals surface area contributed by atoms with Crippen LogP contribution in [-0.4, -0.2) is 17.6 Å². The van der Waals surface area contributed by atoms with Crippen molar-refractivity contribution in [3.05, 3.63) is 24.3 Å². The summed E-state index contributed by atoms with van der Waals surface area (Å²) in [5.41, 5.74) is 7.25. The number of carbonyl (C=O) groups is 1. The summed E-state index contributed by atoms with van der Waals surface area (Å²) >= 11 is 0. The van der Waals surface area contributed by atoms with E-state index in [0.717, 1.165) is 0 Å². The van der Waals surface area contributed by atoms with Crippen LogP contribution in [0.15, 0.2) is 24.3 Å². The molecule has 0 radical (unpaired) electrons. The molecule has 2 aliphatic carbocycles. The molecule has 0 saturated heterocycles. The van der Waals surface area contributed by atoms with E-state index >= 15 is 0 Å². The van der Waals surface area contributed by atoms with Crippen LogP contribution in [0, 0.1) is 0 Å². The lowest BCUT2D eigenvalue weighted by Crippen LogP contribution is -2.14. The number of benzene rings is 1. The molecule has 0 aliphatic heterocycles. The van der Waals surface area contributed by atoms with Crippen molar-refractivity contribution >= 4 is 5.91 Å². The van der Waals surface area contributed by atoms with E-state index in [1.54, 1.807) is 0 Å². The van der Waals surface area contributed by atoms with Gasteiger partial charge >= 0.3 is 0 Å². The maximum absolute atomic E-state index is 9.34. The van der Waals surface area contributed by atoms with Crippen LogP contribution in [0.3, 0.4) is 0 Å². The minimum Gasteiger partial charge on any atom is -0.387 e. The molecule has 2 rings (SSSR count). The Hall–Kier alpha value is -1.39. The number of primary amides is 1. The number of aliphatic hydroxyl groups is 1. The number of rotatable bonds is 1. The van der Waals surface area contributed by atoms with Crippen LogP contribution in [0.4, 0.5) is 0 Å². The fraction of sp³-hybridized carbons (Fsp3) is 0.125. The molecule has 0 unspecified atom stereocenters. The van der Waals surface area contributed by atoms with Crippen molar-refractivity contribution in [3.63, 3.8) is 0 Å². The largest absolute Gasteiger partial charge is 0.387 e. The summed E-state index contributed by atoms with van der Waals surface area (Å²) in [4.78, 5) is 9.34. The van der Waals surface area contributed by atoms with E-state index < -0.39 is 12.5 Å². The molecule has 4 nitrogen and oxygen atoms in total. The fourth-order valence-electron chi connectivity index (χ4n) is 0.676. The molecule has 0 bridgehead atoms. The van der Waals surface area contributed by atoms with Crippen molar-refractivity contribution in [1.29, 1.82) is 0 Å². The van der Waals surface area contributed by atoms with Crippen molar-refractivity contribution < 1.29 is 9.90 Å². The van der Waals surface area contributed by atoms with Crippen molar-refractivity contribution in [3.8, 4) is 11.1 Å². The minimum absolute atomic E-state index is 0. The smallest absolute Gasteiger partial charge is 0.243 e. The fourth-order valence-corrected chi connectivity index (χ4v) is 0.676. The van der Waals surface area contributed by atoms with Gasteiger partial charge in [0.25, 0.3) is 0 Å². The van der Waals surface area contributed by atoms with E-state index in [-0.39, 0.29) is 6.15 Å². The number of hydrogen-bond donors (Lipinski definition) is 3. The van der Waals surface area contributed by atoms with Gasteiger partial charge in [-0.25, -0.2) is 0 Å². The molecule has 0 aromatic rings. The summed E-state index contributed by atoms with van der Waals surface area (Å²) in [6.45, 7) is -0.556. The third-order valence-corrected chi connectivity index (χ3v) is 1.27. The van der Waals surface area contributed by atoms with Crippen molar-refractivity contribution in [2.45, 2.75) is 0 Å². The van der Waals surface area contributed by atoms with Crippen molar-refractivity contribution in [2.24, 2.45) is 5.73 Å². The Morgan fingerprint density at radius 3 is 1.92 bits per heavy atom. The van der Waals surface area contributed by atoms with Gasteiger partial charge in [-0.15, -0.1) is 0 Å². The molecule has 1 amide bonds. The van der Waals surface area contributed by atoms with Crippen molar-refractivity contribution in [2.75, 3.05) is 6.61 Å². The highest BCUT2D eigenvalue weighted by molar-refractivity contribution is 5.80. The van der Waals surface area contributed by atoms with E-state index in [0.29, 0.717) is 0 Å². The van der Waals surface area contributed by atoms with Gasteiger partial charge in [0.15, 0.2) is 0 Å². The first-order chi connectivity index (χ1) is 5.24. The Bertz CT molecular complexity index is 256. The maximum atomic E-state index is 9.34. The Labute approximate surface area is 70.6 Å². The van der Waals surface area contributed by atoms with Crippen LogP contribution < -0.4 is 11.9 Å². The topological polar surface area (TPSA) is 98.3 Å². The molecule has 0 fully saturated rings. The third kappa shape index (κ3) is 3.14. The minimum atomic E-state index is -0.690. The lowest BCUT2D eigenvalue weighted by atomic mass is 10.6. The highest BCUT2D eigenvalue weighted by atomic mass is 16.3. The van der Waals surface area contributed by atoms with Gasteiger partial charge in [-0.2, -0.15) is 0 Å². The Balaban J connectivity index is 0.000000191. The monoisotopic (exact) mass is 168 g/mol. The van der Waals surface area contributed by atoms with Crippen LogP contribution in [0.25, 0.3) is 11.1 Å². The molecule has 4 heteroatoms. The van der Waals surface area contributed by atoms with E-state index in [1.807, 2.05) is 0 Å². The van der Waals surface area contributed by atoms with Gasteiger partial charge in [-0.05, 0) is 17.2 Å². The van der Waals surface area contributed by atoms with Gasteiger partial charge in [0.2, 0.25) is 5.91 Å². The van der Waals surface area contributed by atoms with Gasteiger partial charge in [0, 0.05) is 0 Å². The van der Waals surface area contributed by atoms with Gasteiger partial charge < -0.3 is 17.0 Å². The molecule has 0 heterocycles. The standard InChI is InChI=1S/C6H4.C2H5NO2.H3N/c1-2-5-4-6(5)3-1;3-2(5)1-4;/h1-4H;4H,1H2,(H2,3,5);1H3. The summed E-state index contributed by atoms with van der Waals surface area (Å²) in [6, 6.07) is 8.48. The van der Waals surface area contributed by atoms with Crippen LogP contribution in [-0.2, 0) is 4.79 Å². The molecular weight excluding hydrogens is 156 g/mol. The number of fused-ring (bicyclic) bond motifs is 1. The molecular formula is C8H12N2O2. The van der Waals surface area contributed by atoms with Gasteiger partial charge in [-0.1, -0.05) is 18.2 Å². The second kappa shape index (κ2) is 4.48. The first-order valence-electron chi connectivity index (χ1n) is 3.23. The molecule has 0 aromatic carbocycles. The zero-order chi connectivity index (χ0) is 8.27. The molecule has 0 saturated carbocycles. The summed E-state index contributed by atoms with van der Waals surface area (Å²) in [7, 11) is 0. The van der Waals surface area contributed by atoms with Gasteiger partial charge in [-0.3, -0.25) is 4.79 Å². The normalized spacial score (nSPS) is 8.75. The third-order valence-electron chi connectivity index (χ3n) is 1.27. The van der Waals surface area contributed by atoms with Gasteiger partial charge in [0.1, 0.15) is 6.61 Å². The zero-order valence-corrected chi connectivity index (χ0v) is 6.66. The van der Waals surface area contributed by atoms with E-state index in [9.17, 15) is 4.79 Å². The zero-order valence-electron chi connectivity index (χ0n) is 6.66. The lowest BCUT2D eigenvalue weighted by molar-refractivity contribution is -0.120.